The molecule has 2 aliphatic rings. The first-order valence-electron chi connectivity index (χ1n) is 6.22. The zero-order valence-corrected chi connectivity index (χ0v) is 11.3. The SMILES string of the molecule is C=C1CCC2(O[C@H](C)[C@@H](C)O2)c2c1ccnc2Cl. The molecule has 1 aliphatic carbocycles. The van der Waals surface area contributed by atoms with Crippen LogP contribution in [0.1, 0.15) is 37.8 Å². The van der Waals surface area contributed by atoms with Gasteiger partial charge in [-0.05, 0) is 37.5 Å². The molecular formula is C14H16ClNO2. The second kappa shape index (κ2) is 4.05. The van der Waals surface area contributed by atoms with Crippen molar-refractivity contribution in [1.82, 2.24) is 4.98 Å². The summed E-state index contributed by atoms with van der Waals surface area (Å²) in [5.41, 5.74) is 2.93. The van der Waals surface area contributed by atoms with E-state index in [4.69, 9.17) is 21.1 Å². The van der Waals surface area contributed by atoms with Gasteiger partial charge in [0.25, 0.3) is 0 Å². The summed E-state index contributed by atoms with van der Waals surface area (Å²) in [6, 6.07) is 1.94. The van der Waals surface area contributed by atoms with Gasteiger partial charge in [0.05, 0.1) is 17.8 Å². The van der Waals surface area contributed by atoms with Crippen LogP contribution in [0.25, 0.3) is 5.57 Å². The van der Waals surface area contributed by atoms with Crippen molar-refractivity contribution in [1.29, 1.82) is 0 Å². The second-order valence-electron chi connectivity index (χ2n) is 5.03. The summed E-state index contributed by atoms with van der Waals surface area (Å²) >= 11 is 6.26. The van der Waals surface area contributed by atoms with Gasteiger partial charge >= 0.3 is 0 Å². The molecule has 4 heteroatoms. The largest absolute Gasteiger partial charge is 0.340 e. The Balaban J connectivity index is 2.16. The van der Waals surface area contributed by atoms with Crippen molar-refractivity contribution in [3.8, 4) is 0 Å². The van der Waals surface area contributed by atoms with E-state index in [2.05, 4.69) is 11.6 Å². The van der Waals surface area contributed by atoms with E-state index in [1.165, 1.54) is 0 Å². The molecular weight excluding hydrogens is 250 g/mol. The molecule has 1 fully saturated rings. The molecule has 1 aliphatic heterocycles. The molecule has 3 rings (SSSR count). The number of nitrogens with zero attached hydrogens (tertiary/aromatic N) is 1. The fourth-order valence-electron chi connectivity index (χ4n) is 2.72. The topological polar surface area (TPSA) is 31.4 Å². The average Bonchev–Trinajstić information content (AvgIpc) is 2.61. The van der Waals surface area contributed by atoms with Crippen molar-refractivity contribution in [2.24, 2.45) is 0 Å². The molecule has 2 heterocycles. The lowest BCUT2D eigenvalue weighted by Gasteiger charge is -2.35. The maximum Gasteiger partial charge on any atom is 0.199 e. The molecule has 0 bridgehead atoms. The van der Waals surface area contributed by atoms with E-state index in [1.807, 2.05) is 19.9 Å². The van der Waals surface area contributed by atoms with Crippen molar-refractivity contribution < 1.29 is 9.47 Å². The highest BCUT2D eigenvalue weighted by Crippen LogP contribution is 2.50. The predicted molar refractivity (Wildman–Crippen MR) is 70.3 cm³/mol. The first-order valence-corrected chi connectivity index (χ1v) is 6.60. The highest BCUT2D eigenvalue weighted by atomic mass is 35.5. The van der Waals surface area contributed by atoms with Gasteiger partial charge in [-0.2, -0.15) is 0 Å². The Morgan fingerprint density at radius 3 is 2.72 bits per heavy atom. The van der Waals surface area contributed by atoms with Gasteiger partial charge in [0, 0.05) is 12.6 Å². The van der Waals surface area contributed by atoms with Gasteiger partial charge in [0.15, 0.2) is 5.79 Å². The van der Waals surface area contributed by atoms with Crippen molar-refractivity contribution >= 4 is 17.2 Å². The van der Waals surface area contributed by atoms with Gasteiger partial charge in [-0.15, -0.1) is 0 Å². The Hall–Kier alpha value is -0.900. The van der Waals surface area contributed by atoms with Crippen LogP contribution in [-0.4, -0.2) is 17.2 Å². The van der Waals surface area contributed by atoms with Gasteiger partial charge < -0.3 is 9.47 Å². The van der Waals surface area contributed by atoms with Crippen molar-refractivity contribution in [3.05, 3.63) is 35.1 Å². The number of ether oxygens (including phenoxy) is 2. The number of rotatable bonds is 0. The summed E-state index contributed by atoms with van der Waals surface area (Å²) in [4.78, 5) is 4.16. The number of hydrogen-bond donors (Lipinski definition) is 0. The summed E-state index contributed by atoms with van der Waals surface area (Å²) in [6.07, 6.45) is 3.42. The Kier molecular flexibility index (Phi) is 2.73. The molecule has 18 heavy (non-hydrogen) atoms. The van der Waals surface area contributed by atoms with E-state index < -0.39 is 5.79 Å². The van der Waals surface area contributed by atoms with Crippen LogP contribution in [0.15, 0.2) is 18.8 Å². The van der Waals surface area contributed by atoms with Crippen molar-refractivity contribution in [2.45, 2.75) is 44.7 Å². The summed E-state index contributed by atoms with van der Waals surface area (Å²) < 4.78 is 12.1. The molecule has 0 radical (unpaired) electrons. The Bertz CT molecular complexity index is 505. The van der Waals surface area contributed by atoms with E-state index in [9.17, 15) is 0 Å². The van der Waals surface area contributed by atoms with Crippen LogP contribution < -0.4 is 0 Å². The summed E-state index contributed by atoms with van der Waals surface area (Å²) in [7, 11) is 0. The van der Waals surface area contributed by atoms with Crippen LogP contribution in [0.4, 0.5) is 0 Å². The number of fused-ring (bicyclic) bond motifs is 2. The number of hydrogen-bond acceptors (Lipinski definition) is 3. The molecule has 1 spiro atoms. The molecule has 96 valence electrons. The quantitative estimate of drug-likeness (QED) is 0.673. The maximum absolute atomic E-state index is 6.26. The van der Waals surface area contributed by atoms with E-state index >= 15 is 0 Å². The molecule has 2 atom stereocenters. The maximum atomic E-state index is 6.26. The zero-order valence-electron chi connectivity index (χ0n) is 10.6. The van der Waals surface area contributed by atoms with Gasteiger partial charge in [0.2, 0.25) is 0 Å². The minimum atomic E-state index is -0.735. The molecule has 0 saturated carbocycles. The molecule has 1 saturated heterocycles. The second-order valence-corrected chi connectivity index (χ2v) is 5.38. The Labute approximate surface area is 112 Å². The normalized spacial score (nSPS) is 29.6. The molecule has 0 N–H and O–H groups in total. The third-order valence-corrected chi connectivity index (χ3v) is 4.12. The van der Waals surface area contributed by atoms with Crippen LogP contribution in [0.5, 0.6) is 0 Å². The van der Waals surface area contributed by atoms with Gasteiger partial charge in [-0.25, -0.2) is 4.98 Å². The first-order chi connectivity index (χ1) is 8.53. The summed E-state index contributed by atoms with van der Waals surface area (Å²) in [5.74, 6) is -0.735. The van der Waals surface area contributed by atoms with Crippen LogP contribution in [-0.2, 0) is 15.3 Å². The molecule has 0 aromatic carbocycles. The molecule has 1 aromatic rings. The van der Waals surface area contributed by atoms with Gasteiger partial charge in [0.1, 0.15) is 5.15 Å². The standard InChI is InChI=1S/C14H16ClNO2/c1-8-4-6-14(17-9(2)10(3)18-14)12-11(8)5-7-16-13(12)15/h5,7,9-10H,1,4,6H2,2-3H3/t9-,10-/m1/s1. The number of allylic oxidation sites excluding steroid dienone is 1. The smallest absolute Gasteiger partial charge is 0.199 e. The molecule has 0 amide bonds. The monoisotopic (exact) mass is 265 g/mol. The molecule has 3 nitrogen and oxygen atoms in total. The lowest BCUT2D eigenvalue weighted by Crippen LogP contribution is -2.33. The van der Waals surface area contributed by atoms with Crippen LogP contribution in [0.2, 0.25) is 5.15 Å². The minimum Gasteiger partial charge on any atom is -0.340 e. The van der Waals surface area contributed by atoms with Crippen molar-refractivity contribution in [2.75, 3.05) is 0 Å². The predicted octanol–water partition coefficient (Wildman–Crippen LogP) is 3.52. The third-order valence-electron chi connectivity index (χ3n) is 3.84. The Morgan fingerprint density at radius 1 is 1.39 bits per heavy atom. The minimum absolute atomic E-state index is 0.0560. The fourth-order valence-corrected chi connectivity index (χ4v) is 3.03. The lowest BCUT2D eigenvalue weighted by atomic mass is 9.85. The zero-order chi connectivity index (χ0) is 12.9. The van der Waals surface area contributed by atoms with Crippen LogP contribution >= 0.6 is 11.6 Å². The van der Waals surface area contributed by atoms with E-state index in [0.29, 0.717) is 5.15 Å². The number of halogens is 1. The van der Waals surface area contributed by atoms with Crippen LogP contribution in [0, 0.1) is 0 Å². The highest BCUT2D eigenvalue weighted by Gasteiger charge is 2.49. The van der Waals surface area contributed by atoms with E-state index in [1.54, 1.807) is 6.20 Å². The third kappa shape index (κ3) is 1.62. The van der Waals surface area contributed by atoms with Gasteiger partial charge in [-0.1, -0.05) is 18.2 Å². The highest BCUT2D eigenvalue weighted by molar-refractivity contribution is 6.30. The fraction of sp³-hybridized carbons (Fsp3) is 0.500. The first kappa shape index (κ1) is 12.2. The number of aromatic nitrogens is 1. The van der Waals surface area contributed by atoms with Crippen LogP contribution in [0.3, 0.4) is 0 Å². The van der Waals surface area contributed by atoms with Crippen molar-refractivity contribution in [3.63, 3.8) is 0 Å². The van der Waals surface area contributed by atoms with Gasteiger partial charge in [-0.3, -0.25) is 0 Å². The van der Waals surface area contributed by atoms with E-state index in [0.717, 1.165) is 29.5 Å². The van der Waals surface area contributed by atoms with E-state index in [-0.39, 0.29) is 12.2 Å². The number of pyridine rings is 1. The lowest BCUT2D eigenvalue weighted by molar-refractivity contribution is -0.187. The molecule has 1 aromatic heterocycles. The Morgan fingerprint density at radius 2 is 2.06 bits per heavy atom. The molecule has 0 unspecified atom stereocenters. The summed E-state index contributed by atoms with van der Waals surface area (Å²) in [6.45, 7) is 8.13. The average molecular weight is 266 g/mol. The summed E-state index contributed by atoms with van der Waals surface area (Å²) in [5, 5.41) is 0.453.